The van der Waals surface area contributed by atoms with Crippen molar-refractivity contribution < 1.29 is 14.6 Å². The lowest BCUT2D eigenvalue weighted by molar-refractivity contribution is 0.188. The minimum absolute atomic E-state index is 0.0327. The molecule has 0 saturated carbocycles. The van der Waals surface area contributed by atoms with E-state index in [4.69, 9.17) is 9.84 Å². The molecule has 1 rings (SSSR count). The summed E-state index contributed by atoms with van der Waals surface area (Å²) in [6, 6.07) is 5.30. The maximum atomic E-state index is 12.1. The molecule has 2 amide bonds. The van der Waals surface area contributed by atoms with Gasteiger partial charge in [-0.15, -0.1) is 0 Å². The van der Waals surface area contributed by atoms with Crippen molar-refractivity contribution in [2.75, 3.05) is 32.1 Å². The van der Waals surface area contributed by atoms with Crippen molar-refractivity contribution in [2.24, 2.45) is 0 Å². The van der Waals surface area contributed by atoms with Crippen molar-refractivity contribution in [1.29, 1.82) is 0 Å². The molecule has 0 fully saturated rings. The van der Waals surface area contributed by atoms with Crippen LogP contribution in [-0.2, 0) is 0 Å². The maximum Gasteiger partial charge on any atom is 0.321 e. The number of methoxy groups -OCH3 is 1. The second-order valence-corrected chi connectivity index (χ2v) is 4.32. The number of urea groups is 1. The molecule has 5 heteroatoms. The molecule has 0 bridgehead atoms. The fraction of sp³-hybridized carbons (Fsp3) is 0.500. The van der Waals surface area contributed by atoms with Gasteiger partial charge in [0.2, 0.25) is 0 Å². The van der Waals surface area contributed by atoms with E-state index < -0.39 is 0 Å². The number of rotatable bonds is 6. The quantitative estimate of drug-likeness (QED) is 0.830. The van der Waals surface area contributed by atoms with Crippen LogP contribution in [0.4, 0.5) is 10.5 Å². The number of ether oxygens (including phenoxy) is 1. The standard InChI is InChI=1S/C14H22N2O3/c1-4-7-16(8-9-17)14(18)15-13-6-5-12(19-3)10-11(13)2/h5-6,10,17H,4,7-9H2,1-3H3,(H,15,18). The smallest absolute Gasteiger partial charge is 0.321 e. The summed E-state index contributed by atoms with van der Waals surface area (Å²) in [5.41, 5.74) is 1.69. The normalized spacial score (nSPS) is 10.1. The molecular formula is C14H22N2O3. The van der Waals surface area contributed by atoms with Gasteiger partial charge in [-0.1, -0.05) is 6.92 Å². The van der Waals surface area contributed by atoms with Crippen LogP contribution < -0.4 is 10.1 Å². The summed E-state index contributed by atoms with van der Waals surface area (Å²) in [5, 5.41) is 11.8. The third-order valence-electron chi connectivity index (χ3n) is 2.83. The summed E-state index contributed by atoms with van der Waals surface area (Å²) in [4.78, 5) is 13.7. The highest BCUT2D eigenvalue weighted by Gasteiger charge is 2.13. The van der Waals surface area contributed by atoms with Gasteiger partial charge in [-0.3, -0.25) is 0 Å². The monoisotopic (exact) mass is 266 g/mol. The van der Waals surface area contributed by atoms with Crippen molar-refractivity contribution >= 4 is 11.7 Å². The van der Waals surface area contributed by atoms with Crippen LogP contribution in [0.25, 0.3) is 0 Å². The number of hydrogen-bond acceptors (Lipinski definition) is 3. The zero-order chi connectivity index (χ0) is 14.3. The van der Waals surface area contributed by atoms with Crippen molar-refractivity contribution in [3.05, 3.63) is 23.8 Å². The van der Waals surface area contributed by atoms with Gasteiger partial charge >= 0.3 is 6.03 Å². The fourth-order valence-corrected chi connectivity index (χ4v) is 1.80. The first kappa shape index (κ1) is 15.3. The molecule has 5 nitrogen and oxygen atoms in total. The van der Waals surface area contributed by atoms with E-state index in [0.717, 1.165) is 23.4 Å². The number of carbonyl (C=O) groups excluding carboxylic acids is 1. The van der Waals surface area contributed by atoms with E-state index in [0.29, 0.717) is 13.1 Å². The summed E-state index contributed by atoms with van der Waals surface area (Å²) >= 11 is 0. The molecule has 0 radical (unpaired) electrons. The van der Waals surface area contributed by atoms with Gasteiger partial charge in [-0.25, -0.2) is 4.79 Å². The maximum absolute atomic E-state index is 12.1. The minimum Gasteiger partial charge on any atom is -0.497 e. The van der Waals surface area contributed by atoms with Gasteiger partial charge < -0.3 is 20.1 Å². The summed E-state index contributed by atoms with van der Waals surface area (Å²) in [6.07, 6.45) is 0.856. The Bertz CT molecular complexity index is 415. The Hall–Kier alpha value is -1.75. The molecular weight excluding hydrogens is 244 g/mol. The number of aliphatic hydroxyl groups is 1. The number of aliphatic hydroxyl groups excluding tert-OH is 1. The zero-order valence-corrected chi connectivity index (χ0v) is 11.8. The lowest BCUT2D eigenvalue weighted by Crippen LogP contribution is -2.37. The molecule has 0 heterocycles. The molecule has 0 spiro atoms. The van der Waals surface area contributed by atoms with Crippen LogP contribution in [0.15, 0.2) is 18.2 Å². The molecule has 0 aliphatic carbocycles. The van der Waals surface area contributed by atoms with E-state index >= 15 is 0 Å². The van der Waals surface area contributed by atoms with Crippen LogP contribution in [0.2, 0.25) is 0 Å². The van der Waals surface area contributed by atoms with Gasteiger partial charge in [0.25, 0.3) is 0 Å². The van der Waals surface area contributed by atoms with Crippen LogP contribution in [-0.4, -0.2) is 42.8 Å². The van der Waals surface area contributed by atoms with Gasteiger partial charge in [0.15, 0.2) is 0 Å². The molecule has 19 heavy (non-hydrogen) atoms. The fourth-order valence-electron chi connectivity index (χ4n) is 1.80. The van der Waals surface area contributed by atoms with Crippen LogP contribution in [0.1, 0.15) is 18.9 Å². The van der Waals surface area contributed by atoms with E-state index in [-0.39, 0.29) is 12.6 Å². The Morgan fingerprint density at radius 1 is 1.42 bits per heavy atom. The molecule has 0 aliphatic heterocycles. The lowest BCUT2D eigenvalue weighted by Gasteiger charge is -2.22. The average Bonchev–Trinajstić information content (AvgIpc) is 2.40. The van der Waals surface area contributed by atoms with Crippen LogP contribution in [0.5, 0.6) is 5.75 Å². The van der Waals surface area contributed by atoms with Gasteiger partial charge in [-0.05, 0) is 37.1 Å². The van der Waals surface area contributed by atoms with Crippen LogP contribution >= 0.6 is 0 Å². The number of amides is 2. The Morgan fingerprint density at radius 2 is 2.16 bits per heavy atom. The van der Waals surface area contributed by atoms with Crippen LogP contribution in [0.3, 0.4) is 0 Å². The van der Waals surface area contributed by atoms with Gasteiger partial charge in [-0.2, -0.15) is 0 Å². The van der Waals surface area contributed by atoms with Gasteiger partial charge in [0.1, 0.15) is 5.75 Å². The third kappa shape index (κ3) is 4.44. The molecule has 2 N–H and O–H groups in total. The summed E-state index contributed by atoms with van der Waals surface area (Å²) < 4.78 is 5.12. The van der Waals surface area contributed by atoms with E-state index in [1.165, 1.54) is 0 Å². The van der Waals surface area contributed by atoms with Crippen molar-refractivity contribution in [1.82, 2.24) is 4.90 Å². The first-order valence-electron chi connectivity index (χ1n) is 6.43. The Kier molecular flexibility index (Phi) is 6.15. The minimum atomic E-state index is -0.191. The second-order valence-electron chi connectivity index (χ2n) is 4.32. The molecule has 0 unspecified atom stereocenters. The number of aryl methyl sites for hydroxylation is 1. The topological polar surface area (TPSA) is 61.8 Å². The second kappa shape index (κ2) is 7.63. The van der Waals surface area contributed by atoms with Crippen molar-refractivity contribution in [3.8, 4) is 5.75 Å². The Morgan fingerprint density at radius 3 is 2.68 bits per heavy atom. The zero-order valence-electron chi connectivity index (χ0n) is 11.8. The number of nitrogens with zero attached hydrogens (tertiary/aromatic N) is 1. The molecule has 0 aromatic heterocycles. The first-order chi connectivity index (χ1) is 9.12. The SMILES string of the molecule is CCCN(CCO)C(=O)Nc1ccc(OC)cc1C. The van der Waals surface area contributed by atoms with E-state index in [1.54, 1.807) is 18.1 Å². The highest BCUT2D eigenvalue weighted by molar-refractivity contribution is 5.90. The van der Waals surface area contributed by atoms with Gasteiger partial charge in [0.05, 0.1) is 13.7 Å². The summed E-state index contributed by atoms with van der Waals surface area (Å²) in [5.74, 6) is 0.760. The molecule has 106 valence electrons. The predicted octanol–water partition coefficient (Wildman–Crippen LogP) is 2.24. The first-order valence-corrected chi connectivity index (χ1v) is 6.43. The summed E-state index contributed by atoms with van der Waals surface area (Å²) in [7, 11) is 1.61. The molecule has 0 atom stereocenters. The third-order valence-corrected chi connectivity index (χ3v) is 2.83. The number of benzene rings is 1. The largest absolute Gasteiger partial charge is 0.497 e. The average molecular weight is 266 g/mol. The van der Waals surface area contributed by atoms with Crippen molar-refractivity contribution in [2.45, 2.75) is 20.3 Å². The highest BCUT2D eigenvalue weighted by atomic mass is 16.5. The number of anilines is 1. The predicted molar refractivity (Wildman–Crippen MR) is 75.7 cm³/mol. The van der Waals surface area contributed by atoms with Gasteiger partial charge in [0, 0.05) is 18.8 Å². The molecule has 1 aromatic rings. The van der Waals surface area contributed by atoms with E-state index in [2.05, 4.69) is 5.32 Å². The highest BCUT2D eigenvalue weighted by Crippen LogP contribution is 2.21. The lowest BCUT2D eigenvalue weighted by atomic mass is 10.2. The van der Waals surface area contributed by atoms with Crippen LogP contribution in [0, 0.1) is 6.92 Å². The van der Waals surface area contributed by atoms with E-state index in [9.17, 15) is 4.79 Å². The summed E-state index contributed by atoms with van der Waals surface area (Å²) in [6.45, 7) is 4.84. The Labute approximate surface area is 114 Å². The molecule has 1 aromatic carbocycles. The van der Waals surface area contributed by atoms with Crippen molar-refractivity contribution in [3.63, 3.8) is 0 Å². The molecule has 0 aliphatic rings. The Balaban J connectivity index is 2.74. The van der Waals surface area contributed by atoms with E-state index in [1.807, 2.05) is 26.0 Å². The number of nitrogens with one attached hydrogen (secondary N) is 1. The number of hydrogen-bond donors (Lipinski definition) is 2. The number of carbonyl (C=O) groups is 1. The molecule has 0 saturated heterocycles.